The van der Waals surface area contributed by atoms with Crippen molar-refractivity contribution in [3.8, 4) is 0 Å². The molecule has 0 atom stereocenters. The van der Waals surface area contributed by atoms with E-state index < -0.39 is 24.2 Å². The molecular weight excluding hydrogens is 321 g/mol. The number of hydrogen-bond acceptors (Lipinski definition) is 4. The number of halogens is 1. The average molecular weight is 337 g/mol. The van der Waals surface area contributed by atoms with Crippen LogP contribution in [-0.4, -0.2) is 23.3 Å². The van der Waals surface area contributed by atoms with Gasteiger partial charge in [-0.1, -0.05) is 18.2 Å². The van der Waals surface area contributed by atoms with Gasteiger partial charge in [-0.05, 0) is 49.7 Å². The number of ketones is 1. The summed E-state index contributed by atoms with van der Waals surface area (Å²) in [5.41, 5.74) is 2.78. The lowest BCUT2D eigenvalue weighted by Crippen LogP contribution is -2.16. The summed E-state index contributed by atoms with van der Waals surface area (Å²) in [6.07, 6.45) is 0. The summed E-state index contributed by atoms with van der Waals surface area (Å²) in [7, 11) is 0. The normalized spacial score (nSPS) is 10.7. The molecule has 0 unspecified atom stereocenters. The van der Waals surface area contributed by atoms with E-state index in [1.165, 1.54) is 24.3 Å². The summed E-state index contributed by atoms with van der Waals surface area (Å²) in [4.78, 5) is 28.9. The number of aromatic nitrogens is 1. The lowest BCUT2D eigenvalue weighted by atomic mass is 10.0. The van der Waals surface area contributed by atoms with E-state index in [-0.39, 0.29) is 0 Å². The van der Waals surface area contributed by atoms with E-state index in [0.29, 0.717) is 16.8 Å². The van der Waals surface area contributed by atoms with Gasteiger partial charge in [-0.25, -0.2) is 9.18 Å². The zero-order valence-corrected chi connectivity index (χ0v) is 13.9. The Hall–Kier alpha value is -3.08. The van der Waals surface area contributed by atoms with Crippen molar-refractivity contribution >= 4 is 22.7 Å². The Morgan fingerprint density at radius 3 is 2.44 bits per heavy atom. The minimum atomic E-state index is -0.594. The number of carbonyl (C=O) groups excluding carboxylic acids is 2. The van der Waals surface area contributed by atoms with Crippen LogP contribution in [0.1, 0.15) is 32.0 Å². The summed E-state index contributed by atoms with van der Waals surface area (Å²) < 4.78 is 18.1. The average Bonchev–Trinajstić information content (AvgIpc) is 2.60. The van der Waals surface area contributed by atoms with E-state index in [4.69, 9.17) is 4.74 Å². The topological polar surface area (TPSA) is 56.3 Å². The molecule has 0 aliphatic rings. The van der Waals surface area contributed by atoms with Crippen molar-refractivity contribution in [2.24, 2.45) is 0 Å². The fourth-order valence-electron chi connectivity index (χ4n) is 2.75. The van der Waals surface area contributed by atoms with E-state index in [1.54, 1.807) is 6.92 Å². The van der Waals surface area contributed by atoms with E-state index in [9.17, 15) is 14.0 Å². The first-order valence-electron chi connectivity index (χ1n) is 7.79. The lowest BCUT2D eigenvalue weighted by Gasteiger charge is -2.12. The maximum atomic E-state index is 12.9. The number of aryl methyl sites for hydroxylation is 2. The fraction of sp³-hybridized carbons (Fsp3) is 0.150. The third kappa shape index (κ3) is 3.40. The Kier molecular flexibility index (Phi) is 4.57. The molecule has 3 aromatic rings. The second-order valence-electron chi connectivity index (χ2n) is 5.72. The van der Waals surface area contributed by atoms with Crippen LogP contribution < -0.4 is 0 Å². The zero-order valence-electron chi connectivity index (χ0n) is 13.9. The number of hydrogen-bond donors (Lipinski definition) is 0. The molecule has 2 aromatic carbocycles. The second-order valence-corrected chi connectivity index (χ2v) is 5.72. The Morgan fingerprint density at radius 1 is 1.04 bits per heavy atom. The van der Waals surface area contributed by atoms with Crippen LogP contribution in [0.3, 0.4) is 0 Å². The predicted octanol–water partition coefficient (Wildman–Crippen LogP) is 4.03. The standard InChI is InChI=1S/C20H16FNO3/c1-12-16-5-3-4-6-17(16)22-13(2)19(12)20(24)25-11-18(23)14-7-9-15(21)10-8-14/h3-10H,11H2,1-2H3. The molecule has 0 N–H and O–H groups in total. The quantitative estimate of drug-likeness (QED) is 0.533. The maximum Gasteiger partial charge on any atom is 0.340 e. The first kappa shape index (κ1) is 16.8. The van der Waals surface area contributed by atoms with Crippen molar-refractivity contribution in [3.05, 3.63) is 76.7 Å². The van der Waals surface area contributed by atoms with Crippen molar-refractivity contribution in [2.75, 3.05) is 6.61 Å². The number of fused-ring (bicyclic) bond motifs is 1. The molecule has 126 valence electrons. The molecule has 0 saturated carbocycles. The van der Waals surface area contributed by atoms with Crippen LogP contribution in [-0.2, 0) is 4.74 Å². The molecule has 0 aliphatic carbocycles. The highest BCUT2D eigenvalue weighted by Crippen LogP contribution is 2.23. The van der Waals surface area contributed by atoms with Gasteiger partial charge < -0.3 is 4.74 Å². The Balaban J connectivity index is 1.80. The molecule has 0 aliphatic heterocycles. The molecular formula is C20H16FNO3. The van der Waals surface area contributed by atoms with Gasteiger partial charge in [0.15, 0.2) is 12.4 Å². The summed E-state index contributed by atoms with van der Waals surface area (Å²) in [5.74, 6) is -1.41. The van der Waals surface area contributed by atoms with Crippen LogP contribution >= 0.6 is 0 Å². The number of Topliss-reactive ketones (excluding diaryl/α,β-unsaturated/α-hetero) is 1. The molecule has 1 heterocycles. The van der Waals surface area contributed by atoms with Crippen molar-refractivity contribution in [1.29, 1.82) is 0 Å². The Morgan fingerprint density at radius 2 is 1.72 bits per heavy atom. The maximum absolute atomic E-state index is 12.9. The SMILES string of the molecule is Cc1nc2ccccc2c(C)c1C(=O)OCC(=O)c1ccc(F)cc1. The van der Waals surface area contributed by atoms with Gasteiger partial charge in [-0.15, -0.1) is 0 Å². The number of carbonyl (C=O) groups is 2. The minimum Gasteiger partial charge on any atom is -0.454 e. The van der Waals surface area contributed by atoms with Crippen molar-refractivity contribution in [1.82, 2.24) is 4.98 Å². The summed E-state index contributed by atoms with van der Waals surface area (Å²) in [6, 6.07) is 12.6. The fourth-order valence-corrected chi connectivity index (χ4v) is 2.75. The van der Waals surface area contributed by atoms with Gasteiger partial charge in [-0.2, -0.15) is 0 Å². The predicted molar refractivity (Wildman–Crippen MR) is 92.2 cm³/mol. The largest absolute Gasteiger partial charge is 0.454 e. The first-order chi connectivity index (χ1) is 12.0. The van der Waals surface area contributed by atoms with Gasteiger partial charge in [0.05, 0.1) is 16.8 Å². The highest BCUT2D eigenvalue weighted by atomic mass is 19.1. The number of ether oxygens (including phenoxy) is 1. The number of para-hydroxylation sites is 1. The zero-order chi connectivity index (χ0) is 18.0. The second kappa shape index (κ2) is 6.81. The third-order valence-electron chi connectivity index (χ3n) is 4.04. The smallest absolute Gasteiger partial charge is 0.340 e. The third-order valence-corrected chi connectivity index (χ3v) is 4.04. The van der Waals surface area contributed by atoms with E-state index in [2.05, 4.69) is 4.98 Å². The Labute approximate surface area is 144 Å². The molecule has 0 fully saturated rings. The lowest BCUT2D eigenvalue weighted by molar-refractivity contribution is 0.0473. The molecule has 0 bridgehead atoms. The van der Waals surface area contributed by atoms with Crippen molar-refractivity contribution in [3.63, 3.8) is 0 Å². The van der Waals surface area contributed by atoms with Crippen LogP contribution in [0.4, 0.5) is 4.39 Å². The summed E-state index contributed by atoms with van der Waals surface area (Å²) >= 11 is 0. The molecule has 0 amide bonds. The molecule has 1 aromatic heterocycles. The van der Waals surface area contributed by atoms with Crippen LogP contribution in [0.15, 0.2) is 48.5 Å². The molecule has 3 rings (SSSR count). The highest BCUT2D eigenvalue weighted by molar-refractivity contribution is 6.01. The van der Waals surface area contributed by atoms with Gasteiger partial charge in [0.2, 0.25) is 0 Å². The molecule has 4 nitrogen and oxygen atoms in total. The number of benzene rings is 2. The molecule has 5 heteroatoms. The van der Waals surface area contributed by atoms with Gasteiger partial charge >= 0.3 is 5.97 Å². The number of rotatable bonds is 4. The number of nitrogens with zero attached hydrogens (tertiary/aromatic N) is 1. The van der Waals surface area contributed by atoms with Gasteiger partial charge in [0, 0.05) is 10.9 Å². The molecule has 25 heavy (non-hydrogen) atoms. The number of esters is 1. The number of pyridine rings is 1. The highest BCUT2D eigenvalue weighted by Gasteiger charge is 2.19. The minimum absolute atomic E-state index is 0.291. The van der Waals surface area contributed by atoms with Crippen LogP contribution in [0.25, 0.3) is 10.9 Å². The Bertz CT molecular complexity index is 965. The molecule has 0 radical (unpaired) electrons. The van der Waals surface area contributed by atoms with E-state index in [1.807, 2.05) is 31.2 Å². The van der Waals surface area contributed by atoms with Gasteiger partial charge in [0.1, 0.15) is 5.82 Å². The van der Waals surface area contributed by atoms with E-state index >= 15 is 0 Å². The van der Waals surface area contributed by atoms with Crippen molar-refractivity contribution < 1.29 is 18.7 Å². The van der Waals surface area contributed by atoms with Crippen LogP contribution in [0.5, 0.6) is 0 Å². The summed E-state index contributed by atoms with van der Waals surface area (Å²) in [5, 5.41) is 0.866. The van der Waals surface area contributed by atoms with Gasteiger partial charge in [-0.3, -0.25) is 9.78 Å². The monoisotopic (exact) mass is 337 g/mol. The first-order valence-corrected chi connectivity index (χ1v) is 7.79. The van der Waals surface area contributed by atoms with Crippen molar-refractivity contribution in [2.45, 2.75) is 13.8 Å². The summed E-state index contributed by atoms with van der Waals surface area (Å²) in [6.45, 7) is 3.16. The van der Waals surface area contributed by atoms with Crippen LogP contribution in [0, 0.1) is 19.7 Å². The molecule has 0 saturated heterocycles. The van der Waals surface area contributed by atoms with E-state index in [0.717, 1.165) is 16.5 Å². The van der Waals surface area contributed by atoms with Crippen LogP contribution in [0.2, 0.25) is 0 Å². The van der Waals surface area contributed by atoms with Gasteiger partial charge in [0.25, 0.3) is 0 Å². The molecule has 0 spiro atoms.